The Morgan fingerprint density at radius 3 is 2.56 bits per heavy atom. The molecule has 2 aromatic heterocycles. The average Bonchev–Trinajstić information content (AvgIpc) is 3.16. The van der Waals surface area contributed by atoms with Gasteiger partial charge in [0, 0.05) is 16.0 Å². The maximum atomic E-state index is 13.7. The third-order valence-electron chi connectivity index (χ3n) is 5.89. The third kappa shape index (κ3) is 3.86. The minimum atomic E-state index is -0.182. The van der Waals surface area contributed by atoms with Crippen molar-refractivity contribution in [3.63, 3.8) is 0 Å². The normalized spacial score (nSPS) is 11.2. The fourth-order valence-corrected chi connectivity index (χ4v) is 5.07. The van der Waals surface area contributed by atoms with E-state index >= 15 is 0 Å². The van der Waals surface area contributed by atoms with E-state index in [1.165, 1.54) is 15.9 Å². The first-order valence-corrected chi connectivity index (χ1v) is 11.4. The summed E-state index contributed by atoms with van der Waals surface area (Å²) < 4.78 is 6.89. The molecule has 0 unspecified atom stereocenters. The molecule has 32 heavy (non-hydrogen) atoms. The maximum Gasteiger partial charge on any atom is 0.263 e. The zero-order chi connectivity index (χ0) is 23.0. The van der Waals surface area contributed by atoms with Gasteiger partial charge in [-0.05, 0) is 62.1 Å². The van der Waals surface area contributed by atoms with Gasteiger partial charge in [0.15, 0.2) is 5.78 Å². The zero-order valence-corrected chi connectivity index (χ0v) is 19.8. The third-order valence-corrected chi connectivity index (χ3v) is 7.11. The lowest BCUT2D eigenvalue weighted by atomic mass is 10.0. The Morgan fingerprint density at radius 2 is 1.88 bits per heavy atom. The average molecular weight is 447 g/mol. The second-order valence-electron chi connectivity index (χ2n) is 7.94. The number of carbonyl (C=O) groups is 1. The number of rotatable bonds is 6. The molecule has 0 amide bonds. The second-order valence-corrected chi connectivity index (χ2v) is 9.02. The molecule has 0 aliphatic rings. The van der Waals surface area contributed by atoms with Crippen LogP contribution in [-0.4, -0.2) is 22.4 Å². The van der Waals surface area contributed by atoms with Crippen molar-refractivity contribution in [3.05, 3.63) is 80.2 Å². The number of hydrogen-bond donors (Lipinski definition) is 0. The molecule has 0 aliphatic carbocycles. The number of aryl methyl sites for hydroxylation is 4. The summed E-state index contributed by atoms with van der Waals surface area (Å²) in [6.07, 6.45) is 0.785. The van der Waals surface area contributed by atoms with Crippen LogP contribution in [0.3, 0.4) is 0 Å². The number of fused-ring (bicyclic) bond motifs is 1. The van der Waals surface area contributed by atoms with Crippen molar-refractivity contribution in [2.75, 3.05) is 7.11 Å². The van der Waals surface area contributed by atoms with Crippen LogP contribution in [0.15, 0.2) is 47.3 Å². The van der Waals surface area contributed by atoms with Crippen LogP contribution in [-0.2, 0) is 13.0 Å². The van der Waals surface area contributed by atoms with Crippen LogP contribution in [0.25, 0.3) is 21.3 Å². The van der Waals surface area contributed by atoms with Gasteiger partial charge in [0.1, 0.15) is 16.4 Å². The van der Waals surface area contributed by atoms with Crippen LogP contribution in [0.2, 0.25) is 0 Å². The van der Waals surface area contributed by atoms with E-state index in [-0.39, 0.29) is 17.9 Å². The fraction of sp³-hybridized carbons (Fsp3) is 0.269. The molecule has 6 heteroatoms. The number of carbonyl (C=O) groups excluding carboxylic acids is 1. The number of Topliss-reactive ketones (excluding diaryl/α,β-unsaturated/α-hetero) is 1. The Labute approximate surface area is 191 Å². The van der Waals surface area contributed by atoms with Gasteiger partial charge in [0.05, 0.1) is 19.0 Å². The largest absolute Gasteiger partial charge is 0.497 e. The van der Waals surface area contributed by atoms with E-state index in [1.807, 2.05) is 56.3 Å². The molecule has 0 spiro atoms. The van der Waals surface area contributed by atoms with Gasteiger partial charge >= 0.3 is 0 Å². The Hall–Kier alpha value is -3.25. The summed E-state index contributed by atoms with van der Waals surface area (Å²) in [5, 5.41) is 0.568. The van der Waals surface area contributed by atoms with Gasteiger partial charge in [-0.15, -0.1) is 11.3 Å². The molecular formula is C26H26N2O3S. The standard InChI is InChI=1S/C26H26N2O3S/c1-6-22-23(19-8-7-9-20(13-19)31-5)24-25(32-22)27-17(4)28(26(24)30)14-21(29)18-11-10-15(2)16(3)12-18/h7-13H,6,14H2,1-5H3. The predicted octanol–water partition coefficient (Wildman–Crippen LogP) is 5.50. The summed E-state index contributed by atoms with van der Waals surface area (Å²) in [7, 11) is 1.63. The molecule has 5 nitrogen and oxygen atoms in total. The molecule has 0 aliphatic heterocycles. The first-order chi connectivity index (χ1) is 15.3. The number of aromatic nitrogens is 2. The topological polar surface area (TPSA) is 61.2 Å². The van der Waals surface area contributed by atoms with E-state index < -0.39 is 0 Å². The lowest BCUT2D eigenvalue weighted by molar-refractivity contribution is 0.0969. The van der Waals surface area contributed by atoms with Gasteiger partial charge in [0.2, 0.25) is 0 Å². The number of benzene rings is 2. The van der Waals surface area contributed by atoms with Crippen LogP contribution in [0.5, 0.6) is 5.75 Å². The summed E-state index contributed by atoms with van der Waals surface area (Å²) in [6, 6.07) is 13.3. The molecule has 0 radical (unpaired) electrons. The van der Waals surface area contributed by atoms with E-state index in [9.17, 15) is 9.59 Å². The van der Waals surface area contributed by atoms with Crippen molar-refractivity contribution < 1.29 is 9.53 Å². The molecule has 2 aromatic carbocycles. The molecule has 0 saturated heterocycles. The molecule has 4 rings (SSSR count). The van der Waals surface area contributed by atoms with Crippen LogP contribution in [0.1, 0.15) is 39.1 Å². The van der Waals surface area contributed by atoms with E-state index in [0.717, 1.165) is 39.3 Å². The Bertz CT molecular complexity index is 1400. The Kier molecular flexibility index (Phi) is 5.98. The zero-order valence-electron chi connectivity index (χ0n) is 19.0. The van der Waals surface area contributed by atoms with E-state index in [2.05, 4.69) is 6.92 Å². The maximum absolute atomic E-state index is 13.7. The highest BCUT2D eigenvalue weighted by atomic mass is 32.1. The summed E-state index contributed by atoms with van der Waals surface area (Å²) >= 11 is 1.54. The lowest BCUT2D eigenvalue weighted by Gasteiger charge is -2.11. The highest BCUT2D eigenvalue weighted by Gasteiger charge is 2.21. The second kappa shape index (κ2) is 8.71. The molecular weight excluding hydrogens is 420 g/mol. The Balaban J connectivity index is 1.87. The molecule has 0 fully saturated rings. The first-order valence-electron chi connectivity index (χ1n) is 10.6. The van der Waals surface area contributed by atoms with Gasteiger partial charge < -0.3 is 4.74 Å². The van der Waals surface area contributed by atoms with Gasteiger partial charge in [-0.3, -0.25) is 14.2 Å². The highest BCUT2D eigenvalue weighted by Crippen LogP contribution is 2.37. The van der Waals surface area contributed by atoms with Crippen molar-refractivity contribution in [1.82, 2.24) is 9.55 Å². The molecule has 4 aromatic rings. The van der Waals surface area contributed by atoms with Crippen molar-refractivity contribution >= 4 is 27.3 Å². The van der Waals surface area contributed by atoms with E-state index in [1.54, 1.807) is 14.0 Å². The number of nitrogens with zero attached hydrogens (tertiary/aromatic N) is 2. The molecule has 0 bridgehead atoms. The summed E-state index contributed by atoms with van der Waals surface area (Å²) in [6.45, 7) is 7.81. The van der Waals surface area contributed by atoms with Gasteiger partial charge in [-0.1, -0.05) is 31.2 Å². The van der Waals surface area contributed by atoms with Crippen molar-refractivity contribution in [1.29, 1.82) is 0 Å². The van der Waals surface area contributed by atoms with E-state index in [0.29, 0.717) is 21.6 Å². The van der Waals surface area contributed by atoms with Crippen LogP contribution < -0.4 is 10.3 Å². The summed E-state index contributed by atoms with van der Waals surface area (Å²) in [5.74, 6) is 1.17. The van der Waals surface area contributed by atoms with Crippen molar-refractivity contribution in [3.8, 4) is 16.9 Å². The highest BCUT2D eigenvalue weighted by molar-refractivity contribution is 7.19. The molecule has 164 valence electrons. The number of methoxy groups -OCH3 is 1. The minimum Gasteiger partial charge on any atom is -0.497 e. The van der Waals surface area contributed by atoms with Gasteiger partial charge in [-0.2, -0.15) is 0 Å². The molecule has 0 atom stereocenters. The van der Waals surface area contributed by atoms with Gasteiger partial charge in [-0.25, -0.2) is 4.98 Å². The molecule has 2 heterocycles. The van der Waals surface area contributed by atoms with Crippen LogP contribution in [0, 0.1) is 20.8 Å². The summed E-state index contributed by atoms with van der Waals surface area (Å²) in [5.41, 5.74) is 4.41. The van der Waals surface area contributed by atoms with Crippen molar-refractivity contribution in [2.45, 2.75) is 40.7 Å². The molecule has 0 saturated carbocycles. The fourth-order valence-electron chi connectivity index (χ4n) is 3.90. The Morgan fingerprint density at radius 1 is 1.09 bits per heavy atom. The smallest absolute Gasteiger partial charge is 0.263 e. The lowest BCUT2D eigenvalue weighted by Crippen LogP contribution is -2.27. The number of ether oxygens (including phenoxy) is 1. The number of thiophene rings is 1. The first kappa shape index (κ1) is 22.0. The number of hydrogen-bond acceptors (Lipinski definition) is 5. The van der Waals surface area contributed by atoms with Crippen molar-refractivity contribution in [2.24, 2.45) is 0 Å². The van der Waals surface area contributed by atoms with Gasteiger partial charge in [0.25, 0.3) is 5.56 Å². The predicted molar refractivity (Wildman–Crippen MR) is 130 cm³/mol. The SMILES string of the molecule is CCc1sc2nc(C)n(CC(=O)c3ccc(C)c(C)c3)c(=O)c2c1-c1cccc(OC)c1. The van der Waals surface area contributed by atoms with Crippen LogP contribution in [0.4, 0.5) is 0 Å². The van der Waals surface area contributed by atoms with E-state index in [4.69, 9.17) is 9.72 Å². The number of ketones is 1. The summed E-state index contributed by atoms with van der Waals surface area (Å²) in [4.78, 5) is 33.2. The van der Waals surface area contributed by atoms with Crippen LogP contribution >= 0.6 is 11.3 Å². The minimum absolute atomic E-state index is 0.0367. The monoisotopic (exact) mass is 446 g/mol. The quantitative estimate of drug-likeness (QED) is 0.367. The molecule has 0 N–H and O–H groups in total.